The highest BCUT2D eigenvalue weighted by molar-refractivity contribution is 6.03. The van der Waals surface area contributed by atoms with E-state index in [0.717, 1.165) is 0 Å². The summed E-state index contributed by atoms with van der Waals surface area (Å²) in [4.78, 5) is 42.8. The quantitative estimate of drug-likeness (QED) is 0.473. The van der Waals surface area contributed by atoms with Crippen molar-refractivity contribution in [2.45, 2.75) is 76.7 Å². The molecule has 3 heterocycles. The Bertz CT molecular complexity index is 998. The summed E-state index contributed by atoms with van der Waals surface area (Å²) < 4.78 is 17.3. The molecule has 2 amide bonds. The van der Waals surface area contributed by atoms with E-state index in [0.29, 0.717) is 37.1 Å². The van der Waals surface area contributed by atoms with E-state index in [1.54, 1.807) is 38.3 Å². The third kappa shape index (κ3) is 3.87. The molecule has 0 radical (unpaired) electrons. The van der Waals surface area contributed by atoms with Gasteiger partial charge in [-0.1, -0.05) is 27.2 Å². The van der Waals surface area contributed by atoms with E-state index in [-0.39, 0.29) is 25.0 Å². The van der Waals surface area contributed by atoms with Crippen LogP contribution in [-0.2, 0) is 23.9 Å². The standard InChI is InChI=1S/C27H38N2O7/c1-6-16(4)19(15-30)29-22(23(31)28-17-9-11-18(34-5)12-10-17)27-14-13-26(7-2,36-27)21(20(27)24(29)32)25(33)35-8-3/h9-12,16,19-22,30H,6-8,13-15H2,1-5H3,(H,28,31)/t16-,19-,20-,21+,22?,26-,27?/m0/s1. The summed E-state index contributed by atoms with van der Waals surface area (Å²) in [6.45, 7) is 7.51. The Balaban J connectivity index is 1.79. The lowest BCUT2D eigenvalue weighted by atomic mass is 9.65. The molecule has 0 aliphatic carbocycles. The highest BCUT2D eigenvalue weighted by Gasteiger charge is 2.79. The predicted molar refractivity (Wildman–Crippen MR) is 132 cm³/mol. The Morgan fingerprint density at radius 2 is 1.92 bits per heavy atom. The molecule has 2 unspecified atom stereocenters. The predicted octanol–water partition coefficient (Wildman–Crippen LogP) is 2.76. The molecule has 3 fully saturated rings. The number of hydrogen-bond donors (Lipinski definition) is 2. The number of aliphatic hydroxyl groups is 1. The van der Waals surface area contributed by atoms with Gasteiger partial charge in [-0.3, -0.25) is 14.4 Å². The number of nitrogens with zero attached hydrogens (tertiary/aromatic N) is 1. The molecule has 2 N–H and O–H groups in total. The molecular formula is C27H38N2O7. The normalized spacial score (nSPS) is 32.2. The largest absolute Gasteiger partial charge is 0.497 e. The number of anilines is 1. The van der Waals surface area contributed by atoms with Gasteiger partial charge in [0, 0.05) is 5.69 Å². The molecule has 9 nitrogen and oxygen atoms in total. The van der Waals surface area contributed by atoms with Crippen LogP contribution in [0.25, 0.3) is 0 Å². The first-order chi connectivity index (χ1) is 17.2. The lowest BCUT2D eigenvalue weighted by molar-refractivity contribution is -0.162. The second kappa shape index (κ2) is 10.0. The molecule has 0 saturated carbocycles. The zero-order chi connectivity index (χ0) is 26.3. The van der Waals surface area contributed by atoms with Gasteiger partial charge in [-0.05, 0) is 56.4 Å². The van der Waals surface area contributed by atoms with Crippen LogP contribution < -0.4 is 10.1 Å². The van der Waals surface area contributed by atoms with E-state index in [1.165, 1.54) is 4.90 Å². The number of rotatable bonds is 10. The minimum absolute atomic E-state index is 0.0659. The van der Waals surface area contributed by atoms with Crippen LogP contribution in [0.5, 0.6) is 5.75 Å². The molecule has 4 rings (SSSR count). The number of carbonyl (C=O) groups excluding carboxylic acids is 3. The Hall–Kier alpha value is -2.65. The monoisotopic (exact) mass is 502 g/mol. The Kier molecular flexibility index (Phi) is 7.35. The molecule has 1 aromatic rings. The zero-order valence-corrected chi connectivity index (χ0v) is 21.8. The number of aliphatic hydroxyl groups excluding tert-OH is 1. The van der Waals surface area contributed by atoms with E-state index in [9.17, 15) is 19.5 Å². The summed E-state index contributed by atoms with van der Waals surface area (Å²) in [6.07, 6.45) is 2.28. The Morgan fingerprint density at radius 1 is 1.22 bits per heavy atom. The summed E-state index contributed by atoms with van der Waals surface area (Å²) in [5.41, 5.74) is -1.46. The first kappa shape index (κ1) is 26.4. The maximum absolute atomic E-state index is 14.2. The Labute approximate surface area is 212 Å². The van der Waals surface area contributed by atoms with Gasteiger partial charge in [0.15, 0.2) is 0 Å². The third-order valence-electron chi connectivity index (χ3n) is 8.61. The van der Waals surface area contributed by atoms with Gasteiger partial charge < -0.3 is 29.5 Å². The smallest absolute Gasteiger partial charge is 0.312 e. The van der Waals surface area contributed by atoms with Gasteiger partial charge in [-0.2, -0.15) is 0 Å². The van der Waals surface area contributed by atoms with Gasteiger partial charge in [0.2, 0.25) is 11.8 Å². The molecule has 3 aliphatic rings. The number of hydrogen-bond acceptors (Lipinski definition) is 7. The van der Waals surface area contributed by atoms with Crippen molar-refractivity contribution in [2.24, 2.45) is 17.8 Å². The van der Waals surface area contributed by atoms with Gasteiger partial charge in [-0.15, -0.1) is 0 Å². The minimum atomic E-state index is -1.16. The minimum Gasteiger partial charge on any atom is -0.497 e. The van der Waals surface area contributed by atoms with Crippen LogP contribution in [0.3, 0.4) is 0 Å². The molecular weight excluding hydrogens is 464 g/mol. The van der Waals surface area contributed by atoms with Crippen molar-refractivity contribution >= 4 is 23.5 Å². The average molecular weight is 503 g/mol. The van der Waals surface area contributed by atoms with Crippen LogP contribution >= 0.6 is 0 Å². The lowest BCUT2D eigenvalue weighted by Gasteiger charge is -2.39. The highest BCUT2D eigenvalue weighted by atomic mass is 16.6. The van der Waals surface area contributed by atoms with Crippen LogP contribution in [0, 0.1) is 17.8 Å². The average Bonchev–Trinajstić information content (AvgIpc) is 3.49. The third-order valence-corrected chi connectivity index (χ3v) is 8.61. The number of esters is 1. The van der Waals surface area contributed by atoms with Crippen molar-refractivity contribution < 1.29 is 33.7 Å². The fourth-order valence-corrected chi connectivity index (χ4v) is 6.60. The second-order valence-corrected chi connectivity index (χ2v) is 10.2. The van der Waals surface area contributed by atoms with Gasteiger partial charge in [-0.25, -0.2) is 0 Å². The van der Waals surface area contributed by atoms with Crippen molar-refractivity contribution in [1.29, 1.82) is 0 Å². The molecule has 1 spiro atoms. The fraction of sp³-hybridized carbons (Fsp3) is 0.667. The van der Waals surface area contributed by atoms with Crippen molar-refractivity contribution in [2.75, 3.05) is 25.6 Å². The molecule has 3 saturated heterocycles. The number of ether oxygens (including phenoxy) is 3. The molecule has 7 atom stereocenters. The number of fused-ring (bicyclic) bond motifs is 1. The van der Waals surface area contributed by atoms with Crippen LogP contribution in [0.4, 0.5) is 5.69 Å². The molecule has 0 aromatic heterocycles. The van der Waals surface area contributed by atoms with Crippen molar-refractivity contribution in [1.82, 2.24) is 4.90 Å². The van der Waals surface area contributed by atoms with Gasteiger partial charge in [0.25, 0.3) is 0 Å². The van der Waals surface area contributed by atoms with Crippen molar-refractivity contribution in [3.05, 3.63) is 24.3 Å². The fourth-order valence-electron chi connectivity index (χ4n) is 6.60. The summed E-state index contributed by atoms with van der Waals surface area (Å²) in [7, 11) is 1.57. The lowest BCUT2D eigenvalue weighted by Crippen LogP contribution is -2.57. The van der Waals surface area contributed by atoms with E-state index in [1.807, 2.05) is 20.8 Å². The van der Waals surface area contributed by atoms with E-state index < -0.39 is 47.0 Å². The number of methoxy groups -OCH3 is 1. The second-order valence-electron chi connectivity index (χ2n) is 10.2. The van der Waals surface area contributed by atoms with Crippen molar-refractivity contribution in [3.8, 4) is 5.75 Å². The maximum Gasteiger partial charge on any atom is 0.312 e. The summed E-state index contributed by atoms with van der Waals surface area (Å²) in [5, 5.41) is 13.3. The number of carbonyl (C=O) groups is 3. The summed E-state index contributed by atoms with van der Waals surface area (Å²) in [6, 6.07) is 5.36. The van der Waals surface area contributed by atoms with Crippen LogP contribution in [0.15, 0.2) is 24.3 Å². The molecule has 1 aromatic carbocycles. The number of amides is 2. The molecule has 36 heavy (non-hydrogen) atoms. The maximum atomic E-state index is 14.2. The van der Waals surface area contributed by atoms with E-state index in [2.05, 4.69) is 5.32 Å². The first-order valence-electron chi connectivity index (χ1n) is 13.0. The van der Waals surface area contributed by atoms with Gasteiger partial charge in [0.1, 0.15) is 23.3 Å². The number of benzene rings is 1. The number of nitrogens with one attached hydrogen (secondary N) is 1. The SMILES string of the molecule is CCOC(=O)[C@H]1[C@H]2C(=O)N([C@@H](CO)[C@@H](C)CC)C(C(=O)Nc3ccc(OC)cc3)C23CC[C@]1(CC)O3. The molecule has 9 heteroatoms. The van der Waals surface area contributed by atoms with Crippen LogP contribution in [0.1, 0.15) is 53.4 Å². The molecule has 2 bridgehead atoms. The zero-order valence-electron chi connectivity index (χ0n) is 21.8. The van der Waals surface area contributed by atoms with Gasteiger partial charge in [0.05, 0.1) is 37.9 Å². The first-order valence-corrected chi connectivity index (χ1v) is 13.0. The topological polar surface area (TPSA) is 114 Å². The van der Waals surface area contributed by atoms with Crippen LogP contribution in [-0.4, -0.2) is 71.4 Å². The van der Waals surface area contributed by atoms with Gasteiger partial charge >= 0.3 is 5.97 Å². The highest BCUT2D eigenvalue weighted by Crippen LogP contribution is 2.65. The van der Waals surface area contributed by atoms with E-state index in [4.69, 9.17) is 14.2 Å². The number of likely N-dealkylation sites (tertiary alicyclic amines) is 1. The van der Waals surface area contributed by atoms with Crippen molar-refractivity contribution in [3.63, 3.8) is 0 Å². The van der Waals surface area contributed by atoms with E-state index >= 15 is 0 Å². The Morgan fingerprint density at radius 3 is 2.47 bits per heavy atom. The molecule has 198 valence electrons. The summed E-state index contributed by atoms with van der Waals surface area (Å²) >= 11 is 0. The molecule has 3 aliphatic heterocycles. The van der Waals surface area contributed by atoms with Crippen LogP contribution in [0.2, 0.25) is 0 Å². The summed E-state index contributed by atoms with van der Waals surface area (Å²) in [5.74, 6) is -2.22.